The smallest absolute Gasteiger partial charge is 0.325 e. The molecule has 0 saturated carbocycles. The molecule has 1 atom stereocenters. The lowest BCUT2D eigenvalue weighted by molar-refractivity contribution is -0.143. The van der Waals surface area contributed by atoms with E-state index in [1.165, 1.54) is 4.90 Å². The van der Waals surface area contributed by atoms with Gasteiger partial charge in [0.05, 0.1) is 13.3 Å². The van der Waals surface area contributed by atoms with Crippen LogP contribution in [0.3, 0.4) is 0 Å². The van der Waals surface area contributed by atoms with E-state index in [4.69, 9.17) is 12.6 Å². The molecule has 0 fully saturated rings. The Morgan fingerprint density at radius 2 is 2.30 bits per heavy atom. The fraction of sp³-hybridized carbons (Fsp3) is 0.429. The third kappa shape index (κ3) is 2.84. The molecular weight excluding hydrogens is 260 g/mol. The number of nitrogens with zero attached hydrogens (tertiary/aromatic N) is 1. The van der Waals surface area contributed by atoms with E-state index in [-0.39, 0.29) is 25.6 Å². The molecule has 1 aromatic rings. The van der Waals surface area contributed by atoms with E-state index in [1.54, 1.807) is 25.1 Å². The van der Waals surface area contributed by atoms with Crippen molar-refractivity contribution < 1.29 is 18.7 Å². The van der Waals surface area contributed by atoms with Crippen molar-refractivity contribution in [2.45, 2.75) is 12.8 Å². The zero-order chi connectivity index (χ0) is 14.7. The number of rotatable bonds is 4. The Labute approximate surface area is 118 Å². The zero-order valence-corrected chi connectivity index (χ0v) is 11.3. The highest BCUT2D eigenvalue weighted by Gasteiger charge is 2.32. The van der Waals surface area contributed by atoms with Crippen molar-refractivity contribution in [1.29, 1.82) is 0 Å². The molecule has 1 aliphatic rings. The summed E-state index contributed by atoms with van der Waals surface area (Å²) in [6.07, 6.45) is 0. The summed E-state index contributed by atoms with van der Waals surface area (Å²) < 4.78 is 18.0. The zero-order valence-electron chi connectivity index (χ0n) is 11.3. The number of carbonyl (C=O) groups excluding carboxylic acids is 2. The number of alkyl halides is 1. The van der Waals surface area contributed by atoms with Crippen LogP contribution in [0.15, 0.2) is 18.2 Å². The van der Waals surface area contributed by atoms with E-state index in [2.05, 4.69) is 0 Å². The van der Waals surface area contributed by atoms with E-state index in [1.807, 2.05) is 0 Å². The maximum Gasteiger partial charge on any atom is 0.325 e. The van der Waals surface area contributed by atoms with E-state index in [9.17, 15) is 14.0 Å². The molecule has 1 aromatic carbocycles. The summed E-state index contributed by atoms with van der Waals surface area (Å²) in [6, 6.07) is 4.80. The van der Waals surface area contributed by atoms with Crippen molar-refractivity contribution in [2.24, 2.45) is 0 Å². The molecule has 0 aromatic heterocycles. The Kier molecular flexibility index (Phi) is 4.42. The highest BCUT2D eigenvalue weighted by molar-refractivity contribution is 6.32. The van der Waals surface area contributed by atoms with Crippen LogP contribution in [0.25, 0.3) is 0 Å². The molecule has 0 spiro atoms. The number of amides is 1. The van der Waals surface area contributed by atoms with Gasteiger partial charge in [-0.2, -0.15) is 0 Å². The first kappa shape index (κ1) is 14.6. The normalized spacial score (nSPS) is 17.8. The van der Waals surface area contributed by atoms with Crippen molar-refractivity contribution in [3.63, 3.8) is 0 Å². The lowest BCUT2D eigenvalue weighted by Crippen LogP contribution is -2.44. The van der Waals surface area contributed by atoms with Gasteiger partial charge in [0.2, 0.25) is 0 Å². The third-order valence-corrected chi connectivity index (χ3v) is 3.29. The predicted octanol–water partition coefficient (Wildman–Crippen LogP) is 0.552. The number of ether oxygens (including phenoxy) is 1. The Balaban J connectivity index is 2.26. The second-order valence-corrected chi connectivity index (χ2v) is 4.69. The number of benzene rings is 1. The number of fused-ring (bicyclic) bond motifs is 1. The molecular formula is C14H15BFNO3. The average Bonchev–Trinajstić information content (AvgIpc) is 2.42. The molecule has 1 unspecified atom stereocenters. The molecule has 2 radical (unpaired) electrons. The van der Waals surface area contributed by atoms with Crippen LogP contribution in [0.2, 0.25) is 0 Å². The number of hydrogen-bond acceptors (Lipinski definition) is 3. The Bertz CT molecular complexity index is 535. The van der Waals surface area contributed by atoms with Gasteiger partial charge in [-0.3, -0.25) is 14.0 Å². The van der Waals surface area contributed by atoms with Crippen molar-refractivity contribution in [1.82, 2.24) is 4.90 Å². The molecule has 104 valence electrons. The summed E-state index contributed by atoms with van der Waals surface area (Å²) in [6.45, 7) is 1.33. The number of hydrogen-bond donors (Lipinski definition) is 0. The van der Waals surface area contributed by atoms with E-state index >= 15 is 0 Å². The largest absolute Gasteiger partial charge is 0.465 e. The molecule has 0 aliphatic carbocycles. The lowest BCUT2D eigenvalue weighted by Gasteiger charge is -2.32. The Morgan fingerprint density at radius 1 is 1.55 bits per heavy atom. The minimum atomic E-state index is -0.608. The van der Waals surface area contributed by atoms with Gasteiger partial charge in [0.15, 0.2) is 0 Å². The quantitative estimate of drug-likeness (QED) is 0.595. The first-order valence-corrected chi connectivity index (χ1v) is 6.47. The second kappa shape index (κ2) is 6.07. The van der Waals surface area contributed by atoms with Gasteiger partial charge in [-0.15, -0.1) is 0 Å². The maximum atomic E-state index is 13.2. The minimum absolute atomic E-state index is 0.157. The third-order valence-electron chi connectivity index (χ3n) is 3.29. The number of halogens is 1. The van der Waals surface area contributed by atoms with Crippen molar-refractivity contribution >= 4 is 25.2 Å². The summed E-state index contributed by atoms with van der Waals surface area (Å²) in [7, 11) is 5.68. The van der Waals surface area contributed by atoms with Crippen LogP contribution in [0, 0.1) is 0 Å². The van der Waals surface area contributed by atoms with Gasteiger partial charge in [0, 0.05) is 18.0 Å². The molecule has 1 aliphatic heterocycles. The highest BCUT2D eigenvalue weighted by atomic mass is 19.1. The van der Waals surface area contributed by atoms with Crippen molar-refractivity contribution in [3.8, 4) is 0 Å². The lowest BCUT2D eigenvalue weighted by atomic mass is 9.84. The second-order valence-electron chi connectivity index (χ2n) is 4.69. The van der Waals surface area contributed by atoms with E-state index < -0.39 is 18.6 Å². The van der Waals surface area contributed by atoms with Gasteiger partial charge < -0.3 is 9.64 Å². The van der Waals surface area contributed by atoms with Gasteiger partial charge in [-0.1, -0.05) is 17.6 Å². The van der Waals surface area contributed by atoms with Gasteiger partial charge >= 0.3 is 5.97 Å². The summed E-state index contributed by atoms with van der Waals surface area (Å²) in [5.41, 5.74) is 1.50. The molecule has 0 bridgehead atoms. The first-order valence-electron chi connectivity index (χ1n) is 6.47. The van der Waals surface area contributed by atoms with Crippen LogP contribution in [-0.2, 0) is 9.53 Å². The van der Waals surface area contributed by atoms with Gasteiger partial charge in [-0.05, 0) is 18.6 Å². The summed E-state index contributed by atoms with van der Waals surface area (Å²) in [5, 5.41) is 0. The molecule has 1 heterocycles. The van der Waals surface area contributed by atoms with Gasteiger partial charge in [0.1, 0.15) is 14.4 Å². The molecule has 0 N–H and O–H groups in total. The van der Waals surface area contributed by atoms with Crippen LogP contribution in [0.1, 0.15) is 28.8 Å². The van der Waals surface area contributed by atoms with Crippen LogP contribution in [0.4, 0.5) is 4.39 Å². The Hall–Kier alpha value is -1.85. The first-order chi connectivity index (χ1) is 9.56. The van der Waals surface area contributed by atoms with Crippen molar-refractivity contribution in [3.05, 3.63) is 29.3 Å². The minimum Gasteiger partial charge on any atom is -0.465 e. The van der Waals surface area contributed by atoms with Crippen LogP contribution >= 0.6 is 0 Å². The average molecular weight is 275 g/mol. The Morgan fingerprint density at radius 3 is 2.95 bits per heavy atom. The summed E-state index contributed by atoms with van der Waals surface area (Å²) in [5.74, 6) is -1.24. The molecule has 1 amide bonds. The topological polar surface area (TPSA) is 46.6 Å². The van der Waals surface area contributed by atoms with E-state index in [0.29, 0.717) is 16.6 Å². The number of carbonyl (C=O) groups is 2. The number of esters is 1. The fourth-order valence-corrected chi connectivity index (χ4v) is 2.36. The van der Waals surface area contributed by atoms with Crippen LogP contribution in [-0.4, -0.2) is 51.0 Å². The van der Waals surface area contributed by atoms with Crippen LogP contribution in [0.5, 0.6) is 0 Å². The fourth-order valence-electron chi connectivity index (χ4n) is 2.36. The molecule has 2 rings (SSSR count). The highest BCUT2D eigenvalue weighted by Crippen LogP contribution is 2.27. The standard InChI is InChI=1S/C14H15BFNO3/c1-2-20-13(18)8-17-7-9(6-16)12-5-10(15)3-4-11(12)14(17)19/h3-5,9H,2,6-8H2,1H3. The monoisotopic (exact) mass is 275 g/mol. The predicted molar refractivity (Wildman–Crippen MR) is 73.1 cm³/mol. The molecule has 20 heavy (non-hydrogen) atoms. The molecule has 4 nitrogen and oxygen atoms in total. The summed E-state index contributed by atoms with van der Waals surface area (Å²) >= 11 is 0. The molecule has 6 heteroatoms. The van der Waals surface area contributed by atoms with Crippen molar-refractivity contribution in [2.75, 3.05) is 26.4 Å². The maximum absolute atomic E-state index is 13.2. The van der Waals surface area contributed by atoms with E-state index in [0.717, 1.165) is 0 Å². The SMILES string of the molecule is [B]c1ccc2c(c1)C(CF)CN(CC(=O)OCC)C2=O. The summed E-state index contributed by atoms with van der Waals surface area (Å²) in [4.78, 5) is 25.1. The van der Waals surface area contributed by atoms with Gasteiger partial charge in [0.25, 0.3) is 5.91 Å². The molecule has 0 saturated heterocycles. The van der Waals surface area contributed by atoms with Crippen LogP contribution < -0.4 is 5.46 Å². The van der Waals surface area contributed by atoms with Gasteiger partial charge in [-0.25, -0.2) is 0 Å².